The van der Waals surface area contributed by atoms with Crippen LogP contribution in [-0.2, 0) is 12.6 Å². The number of hydrogen-bond acceptors (Lipinski definition) is 2. The summed E-state index contributed by atoms with van der Waals surface area (Å²) in [6.07, 6.45) is -1.45. The molecule has 0 unspecified atom stereocenters. The van der Waals surface area contributed by atoms with E-state index in [4.69, 9.17) is 0 Å². The molecule has 21 heavy (non-hydrogen) atoms. The molecule has 0 N–H and O–H groups in total. The Hall–Kier alpha value is -2.24. The van der Waals surface area contributed by atoms with E-state index in [1.807, 2.05) is 0 Å². The number of carbonyl (C=O) groups is 1. The third-order valence-corrected chi connectivity index (χ3v) is 3.06. The van der Waals surface area contributed by atoms with E-state index in [1.165, 1.54) is 18.5 Å². The molecule has 0 aliphatic heterocycles. The fourth-order valence-corrected chi connectivity index (χ4v) is 1.97. The fourth-order valence-electron chi connectivity index (χ4n) is 1.97. The van der Waals surface area contributed by atoms with E-state index in [0.29, 0.717) is 24.1 Å². The molecule has 110 valence electrons. The van der Waals surface area contributed by atoms with E-state index < -0.39 is 23.3 Å². The maximum Gasteiger partial charge on any atom is 0.419 e. The number of benzene rings is 1. The smallest absolute Gasteiger partial charge is 0.289 e. The van der Waals surface area contributed by atoms with Crippen molar-refractivity contribution in [2.24, 2.45) is 0 Å². The lowest BCUT2D eigenvalue weighted by Crippen LogP contribution is -2.12. The Morgan fingerprint density at radius 1 is 1.24 bits per heavy atom. The number of nitrogens with zero attached hydrogens (tertiary/aromatic N) is 1. The Morgan fingerprint density at radius 3 is 2.57 bits per heavy atom. The van der Waals surface area contributed by atoms with Gasteiger partial charge in [0, 0.05) is 23.5 Å². The van der Waals surface area contributed by atoms with Crippen LogP contribution in [0.2, 0.25) is 0 Å². The molecule has 2 nitrogen and oxygen atoms in total. The molecule has 0 spiro atoms. The van der Waals surface area contributed by atoms with Gasteiger partial charge in [0.15, 0.2) is 5.78 Å². The molecular weight excluding hydrogens is 286 g/mol. The lowest BCUT2D eigenvalue weighted by Gasteiger charge is -2.11. The van der Waals surface area contributed by atoms with Crippen LogP contribution in [0.1, 0.15) is 34.0 Å². The zero-order valence-electron chi connectivity index (χ0n) is 11.0. The minimum Gasteiger partial charge on any atom is -0.289 e. The van der Waals surface area contributed by atoms with Crippen LogP contribution in [-0.4, -0.2) is 10.8 Å². The highest BCUT2D eigenvalue weighted by Gasteiger charge is 2.34. The van der Waals surface area contributed by atoms with Crippen molar-refractivity contribution in [2.75, 3.05) is 0 Å². The lowest BCUT2D eigenvalue weighted by molar-refractivity contribution is -0.140. The van der Waals surface area contributed by atoms with Gasteiger partial charge in [-0.25, -0.2) is 4.39 Å². The first-order valence-corrected chi connectivity index (χ1v) is 6.19. The van der Waals surface area contributed by atoms with E-state index in [0.717, 1.165) is 6.07 Å². The first-order chi connectivity index (χ1) is 9.84. The quantitative estimate of drug-likeness (QED) is 0.632. The van der Waals surface area contributed by atoms with Crippen molar-refractivity contribution in [3.8, 4) is 0 Å². The second kappa shape index (κ2) is 5.63. The number of carbonyl (C=O) groups excluding carboxylic acids is 1. The van der Waals surface area contributed by atoms with Crippen LogP contribution in [0.4, 0.5) is 17.6 Å². The second-order valence-corrected chi connectivity index (χ2v) is 4.41. The van der Waals surface area contributed by atoms with Gasteiger partial charge in [-0.15, -0.1) is 0 Å². The highest BCUT2D eigenvalue weighted by atomic mass is 19.4. The average molecular weight is 297 g/mol. The van der Waals surface area contributed by atoms with Crippen molar-refractivity contribution >= 4 is 5.78 Å². The molecule has 0 saturated carbocycles. The van der Waals surface area contributed by atoms with Gasteiger partial charge in [0.25, 0.3) is 0 Å². The van der Waals surface area contributed by atoms with Gasteiger partial charge >= 0.3 is 6.18 Å². The van der Waals surface area contributed by atoms with Gasteiger partial charge in [0.05, 0.1) is 5.56 Å². The Bertz CT molecular complexity index is 680. The average Bonchev–Trinajstić information content (AvgIpc) is 2.45. The van der Waals surface area contributed by atoms with Crippen LogP contribution in [0.3, 0.4) is 0 Å². The summed E-state index contributed by atoms with van der Waals surface area (Å²) in [7, 11) is 0. The van der Waals surface area contributed by atoms with Crippen LogP contribution in [0, 0.1) is 5.82 Å². The summed E-state index contributed by atoms with van der Waals surface area (Å²) in [5, 5.41) is 0. The molecule has 0 fully saturated rings. The summed E-state index contributed by atoms with van der Waals surface area (Å²) in [5.41, 5.74) is -0.752. The fraction of sp³-hybridized carbons (Fsp3) is 0.200. The lowest BCUT2D eigenvalue weighted by atomic mass is 9.97. The number of hydrogen-bond donors (Lipinski definition) is 0. The van der Waals surface area contributed by atoms with E-state index in [9.17, 15) is 22.4 Å². The van der Waals surface area contributed by atoms with Gasteiger partial charge in [0.2, 0.25) is 0 Å². The van der Waals surface area contributed by atoms with Crippen LogP contribution in [0.5, 0.6) is 0 Å². The number of aromatic nitrogens is 1. The number of ketones is 1. The number of rotatable bonds is 3. The molecule has 0 atom stereocenters. The molecule has 1 aromatic heterocycles. The van der Waals surface area contributed by atoms with Gasteiger partial charge in [0.1, 0.15) is 5.82 Å². The Balaban J connectivity index is 2.50. The SMILES string of the molecule is CCc1cnccc1C(=O)c1ccc(F)c(C(F)(F)F)c1. The number of alkyl halides is 3. The first kappa shape index (κ1) is 15.2. The van der Waals surface area contributed by atoms with Crippen molar-refractivity contribution < 1.29 is 22.4 Å². The maximum absolute atomic E-state index is 13.2. The van der Waals surface area contributed by atoms with Gasteiger partial charge in [-0.05, 0) is 36.2 Å². The standard InChI is InChI=1S/C15H11F4NO/c1-2-9-8-20-6-5-11(9)14(21)10-3-4-13(16)12(7-10)15(17,18)19/h3-8H,2H2,1H3. The van der Waals surface area contributed by atoms with Crippen molar-refractivity contribution in [3.05, 3.63) is 64.7 Å². The maximum atomic E-state index is 13.2. The monoisotopic (exact) mass is 297 g/mol. The highest BCUT2D eigenvalue weighted by Crippen LogP contribution is 2.32. The zero-order chi connectivity index (χ0) is 15.6. The number of halogens is 4. The van der Waals surface area contributed by atoms with Crippen molar-refractivity contribution in [1.82, 2.24) is 4.98 Å². The molecule has 0 saturated heterocycles. The molecular formula is C15H11F4NO. The zero-order valence-corrected chi connectivity index (χ0v) is 11.0. The van der Waals surface area contributed by atoms with Crippen molar-refractivity contribution in [2.45, 2.75) is 19.5 Å². The summed E-state index contributed by atoms with van der Waals surface area (Å²) in [6, 6.07) is 3.69. The summed E-state index contributed by atoms with van der Waals surface area (Å²) in [5.74, 6) is -1.98. The summed E-state index contributed by atoms with van der Waals surface area (Å²) in [6.45, 7) is 1.81. The normalized spacial score (nSPS) is 11.5. The molecule has 1 aromatic carbocycles. The van der Waals surface area contributed by atoms with Gasteiger partial charge < -0.3 is 0 Å². The third-order valence-electron chi connectivity index (χ3n) is 3.06. The van der Waals surface area contributed by atoms with Crippen molar-refractivity contribution in [3.63, 3.8) is 0 Å². The van der Waals surface area contributed by atoms with Crippen LogP contribution in [0.15, 0.2) is 36.7 Å². The Morgan fingerprint density at radius 2 is 1.95 bits per heavy atom. The minimum absolute atomic E-state index is 0.204. The molecule has 0 radical (unpaired) electrons. The van der Waals surface area contributed by atoms with E-state index in [2.05, 4.69) is 4.98 Å². The largest absolute Gasteiger partial charge is 0.419 e. The predicted molar refractivity (Wildman–Crippen MR) is 68.4 cm³/mol. The van der Waals surface area contributed by atoms with E-state index in [-0.39, 0.29) is 11.1 Å². The highest BCUT2D eigenvalue weighted by molar-refractivity contribution is 6.09. The van der Waals surface area contributed by atoms with Gasteiger partial charge in [-0.1, -0.05) is 6.92 Å². The second-order valence-electron chi connectivity index (χ2n) is 4.41. The molecule has 6 heteroatoms. The molecule has 0 amide bonds. The predicted octanol–water partition coefficient (Wildman–Crippen LogP) is 4.03. The minimum atomic E-state index is -4.84. The first-order valence-electron chi connectivity index (χ1n) is 6.19. The molecule has 0 bridgehead atoms. The van der Waals surface area contributed by atoms with Crippen LogP contribution in [0.25, 0.3) is 0 Å². The Labute approximate surface area is 118 Å². The molecule has 2 rings (SSSR count). The topological polar surface area (TPSA) is 30.0 Å². The molecule has 0 aliphatic rings. The third kappa shape index (κ3) is 3.09. The summed E-state index contributed by atoms with van der Waals surface area (Å²) < 4.78 is 51.3. The Kier molecular flexibility index (Phi) is 4.06. The number of pyridine rings is 1. The van der Waals surface area contributed by atoms with Gasteiger partial charge in [-0.3, -0.25) is 9.78 Å². The van der Waals surface area contributed by atoms with E-state index >= 15 is 0 Å². The molecule has 2 aromatic rings. The van der Waals surface area contributed by atoms with E-state index in [1.54, 1.807) is 6.92 Å². The summed E-state index contributed by atoms with van der Waals surface area (Å²) >= 11 is 0. The summed E-state index contributed by atoms with van der Waals surface area (Å²) in [4.78, 5) is 16.2. The van der Waals surface area contributed by atoms with Crippen LogP contribution >= 0.6 is 0 Å². The van der Waals surface area contributed by atoms with Crippen molar-refractivity contribution in [1.29, 1.82) is 0 Å². The van der Waals surface area contributed by atoms with Gasteiger partial charge in [-0.2, -0.15) is 13.2 Å². The van der Waals surface area contributed by atoms with Crippen LogP contribution < -0.4 is 0 Å². The number of aryl methyl sites for hydroxylation is 1. The molecule has 0 aliphatic carbocycles. The molecule has 1 heterocycles.